The molecule has 0 amide bonds. The van der Waals surface area contributed by atoms with Crippen LogP contribution in [0.5, 0.6) is 5.75 Å². The van der Waals surface area contributed by atoms with Gasteiger partial charge in [0.15, 0.2) is 0 Å². The number of rotatable bonds is 5. The zero-order valence-electron chi connectivity index (χ0n) is 11.6. The van der Waals surface area contributed by atoms with Gasteiger partial charge in [0.25, 0.3) is 0 Å². The van der Waals surface area contributed by atoms with Gasteiger partial charge in [-0.3, -0.25) is 4.68 Å². The molecule has 1 aromatic carbocycles. The fraction of sp³-hybridized carbons (Fsp3) is 0.400. The highest BCUT2D eigenvalue weighted by molar-refractivity contribution is 5.36. The lowest BCUT2D eigenvalue weighted by Gasteiger charge is -2.11. The fourth-order valence-electron chi connectivity index (χ4n) is 1.97. The number of hydrogen-bond donors (Lipinski definition) is 1. The van der Waals surface area contributed by atoms with E-state index in [0.717, 1.165) is 23.3 Å². The lowest BCUT2D eigenvalue weighted by atomic mass is 10.1. The van der Waals surface area contributed by atoms with Crippen molar-refractivity contribution in [2.75, 3.05) is 6.61 Å². The molecule has 0 bridgehead atoms. The van der Waals surface area contributed by atoms with Gasteiger partial charge in [0, 0.05) is 19.7 Å². The number of nitrogens with zero attached hydrogens (tertiary/aromatic N) is 2. The van der Waals surface area contributed by atoms with E-state index < -0.39 is 6.10 Å². The summed E-state index contributed by atoms with van der Waals surface area (Å²) in [6, 6.07) is 5.78. The van der Waals surface area contributed by atoms with Crippen LogP contribution in [0.25, 0.3) is 0 Å². The van der Waals surface area contributed by atoms with Crippen molar-refractivity contribution in [3.8, 4) is 5.75 Å². The summed E-state index contributed by atoms with van der Waals surface area (Å²) < 4.78 is 7.56. The summed E-state index contributed by atoms with van der Waals surface area (Å²) in [5, 5.41) is 13.6. The van der Waals surface area contributed by atoms with Crippen LogP contribution in [0.3, 0.4) is 0 Å². The molecule has 0 saturated heterocycles. The van der Waals surface area contributed by atoms with Crippen molar-refractivity contribution < 1.29 is 9.84 Å². The van der Waals surface area contributed by atoms with Crippen LogP contribution in [0.2, 0.25) is 0 Å². The molecular formula is C15H20N2O2. The van der Waals surface area contributed by atoms with E-state index in [1.54, 1.807) is 11.6 Å². The number of aliphatic hydroxyl groups is 1. The van der Waals surface area contributed by atoms with E-state index in [4.69, 9.17) is 4.74 Å². The Bertz CT molecular complexity index is 547. The van der Waals surface area contributed by atoms with Gasteiger partial charge >= 0.3 is 0 Å². The molecule has 0 spiro atoms. The minimum atomic E-state index is -0.442. The van der Waals surface area contributed by atoms with Crippen molar-refractivity contribution in [1.29, 1.82) is 0 Å². The summed E-state index contributed by atoms with van der Waals surface area (Å²) >= 11 is 0. The highest BCUT2D eigenvalue weighted by Gasteiger charge is 2.05. The van der Waals surface area contributed by atoms with E-state index in [2.05, 4.69) is 5.10 Å². The van der Waals surface area contributed by atoms with Gasteiger partial charge in [-0.15, -0.1) is 0 Å². The van der Waals surface area contributed by atoms with Crippen LogP contribution in [0, 0.1) is 6.92 Å². The third-order valence-electron chi connectivity index (χ3n) is 3.09. The van der Waals surface area contributed by atoms with Gasteiger partial charge in [0.05, 0.1) is 18.9 Å². The maximum atomic E-state index is 9.52. The number of ether oxygens (including phenoxy) is 1. The number of aromatic nitrogens is 2. The zero-order valence-corrected chi connectivity index (χ0v) is 11.6. The Morgan fingerprint density at radius 1 is 1.42 bits per heavy atom. The minimum Gasteiger partial charge on any atom is -0.493 e. The molecular weight excluding hydrogens is 240 g/mol. The van der Waals surface area contributed by atoms with Crippen molar-refractivity contribution in [3.63, 3.8) is 0 Å². The molecule has 4 nitrogen and oxygen atoms in total. The SMILES string of the molecule is Cc1cc([C@@H](C)O)ccc1OCCc1cnn(C)c1. The second-order valence-corrected chi connectivity index (χ2v) is 4.82. The number of aryl methyl sites for hydroxylation is 2. The van der Waals surface area contributed by atoms with Gasteiger partial charge in [-0.05, 0) is 42.7 Å². The smallest absolute Gasteiger partial charge is 0.122 e. The first-order valence-electron chi connectivity index (χ1n) is 6.45. The highest BCUT2D eigenvalue weighted by atomic mass is 16.5. The molecule has 1 N–H and O–H groups in total. The Morgan fingerprint density at radius 2 is 2.21 bits per heavy atom. The zero-order chi connectivity index (χ0) is 13.8. The van der Waals surface area contributed by atoms with E-state index in [0.29, 0.717) is 6.61 Å². The summed E-state index contributed by atoms with van der Waals surface area (Å²) in [7, 11) is 1.91. The van der Waals surface area contributed by atoms with Gasteiger partial charge in [-0.25, -0.2) is 0 Å². The Balaban J connectivity index is 1.92. The highest BCUT2D eigenvalue weighted by Crippen LogP contribution is 2.22. The van der Waals surface area contributed by atoms with Gasteiger partial charge in [-0.1, -0.05) is 6.07 Å². The fourth-order valence-corrected chi connectivity index (χ4v) is 1.97. The molecule has 0 saturated carbocycles. The molecule has 19 heavy (non-hydrogen) atoms. The summed E-state index contributed by atoms with van der Waals surface area (Å²) in [6.07, 6.45) is 4.24. The van der Waals surface area contributed by atoms with Gasteiger partial charge in [0.2, 0.25) is 0 Å². The second kappa shape index (κ2) is 5.89. The normalized spacial score (nSPS) is 12.4. The average molecular weight is 260 g/mol. The molecule has 0 unspecified atom stereocenters. The van der Waals surface area contributed by atoms with Crippen LogP contribution in [-0.2, 0) is 13.5 Å². The minimum absolute atomic E-state index is 0.442. The maximum absolute atomic E-state index is 9.52. The summed E-state index contributed by atoms with van der Waals surface area (Å²) in [5.41, 5.74) is 3.13. The Morgan fingerprint density at radius 3 is 2.79 bits per heavy atom. The summed E-state index contributed by atoms with van der Waals surface area (Å²) in [5.74, 6) is 0.869. The monoisotopic (exact) mass is 260 g/mol. The Kier molecular flexibility index (Phi) is 4.22. The first-order chi connectivity index (χ1) is 9.06. The molecule has 2 rings (SSSR count). The molecule has 0 aliphatic rings. The lowest BCUT2D eigenvalue weighted by Crippen LogP contribution is -2.02. The topological polar surface area (TPSA) is 47.3 Å². The first-order valence-corrected chi connectivity index (χ1v) is 6.45. The van der Waals surface area contributed by atoms with Crippen LogP contribution in [-0.4, -0.2) is 21.5 Å². The Labute approximate surface area is 113 Å². The van der Waals surface area contributed by atoms with E-state index >= 15 is 0 Å². The molecule has 0 radical (unpaired) electrons. The second-order valence-electron chi connectivity index (χ2n) is 4.82. The lowest BCUT2D eigenvalue weighted by molar-refractivity contribution is 0.199. The van der Waals surface area contributed by atoms with Crippen LogP contribution in [0.4, 0.5) is 0 Å². The van der Waals surface area contributed by atoms with E-state index in [1.807, 2.05) is 44.6 Å². The van der Waals surface area contributed by atoms with E-state index in [1.165, 1.54) is 5.56 Å². The van der Waals surface area contributed by atoms with Gasteiger partial charge in [0.1, 0.15) is 5.75 Å². The Hall–Kier alpha value is -1.81. The van der Waals surface area contributed by atoms with E-state index in [9.17, 15) is 5.11 Å². The van der Waals surface area contributed by atoms with Crippen molar-refractivity contribution in [2.24, 2.45) is 7.05 Å². The van der Waals surface area contributed by atoms with Gasteiger partial charge < -0.3 is 9.84 Å². The number of hydrogen-bond acceptors (Lipinski definition) is 3. The molecule has 1 atom stereocenters. The number of benzene rings is 1. The van der Waals surface area contributed by atoms with Crippen molar-refractivity contribution in [3.05, 3.63) is 47.3 Å². The summed E-state index contributed by atoms with van der Waals surface area (Å²) in [6.45, 7) is 4.38. The molecule has 2 aromatic rings. The quantitative estimate of drug-likeness (QED) is 0.898. The molecule has 0 aliphatic carbocycles. The third kappa shape index (κ3) is 3.58. The maximum Gasteiger partial charge on any atom is 0.122 e. The first kappa shape index (κ1) is 13.6. The average Bonchev–Trinajstić information content (AvgIpc) is 2.77. The van der Waals surface area contributed by atoms with Crippen molar-refractivity contribution in [1.82, 2.24) is 9.78 Å². The van der Waals surface area contributed by atoms with E-state index in [-0.39, 0.29) is 0 Å². The predicted molar refractivity (Wildman–Crippen MR) is 74.2 cm³/mol. The van der Waals surface area contributed by atoms with Crippen LogP contribution >= 0.6 is 0 Å². The standard InChI is InChI=1S/C15H20N2O2/c1-11-8-14(12(2)18)4-5-15(11)19-7-6-13-9-16-17(3)10-13/h4-5,8-10,12,18H,6-7H2,1-3H3/t12-/m1/s1. The van der Waals surface area contributed by atoms with Crippen LogP contribution < -0.4 is 4.74 Å². The predicted octanol–water partition coefficient (Wildman–Crippen LogP) is 2.40. The molecule has 0 aliphatic heterocycles. The van der Waals surface area contributed by atoms with Crippen LogP contribution in [0.1, 0.15) is 29.7 Å². The largest absolute Gasteiger partial charge is 0.493 e. The van der Waals surface area contributed by atoms with Crippen molar-refractivity contribution in [2.45, 2.75) is 26.4 Å². The molecule has 1 heterocycles. The number of aliphatic hydroxyl groups excluding tert-OH is 1. The third-order valence-corrected chi connectivity index (χ3v) is 3.09. The van der Waals surface area contributed by atoms with Crippen molar-refractivity contribution >= 4 is 0 Å². The summed E-state index contributed by atoms with van der Waals surface area (Å²) in [4.78, 5) is 0. The van der Waals surface area contributed by atoms with Crippen LogP contribution in [0.15, 0.2) is 30.6 Å². The van der Waals surface area contributed by atoms with Gasteiger partial charge in [-0.2, -0.15) is 5.10 Å². The molecule has 102 valence electrons. The molecule has 0 fully saturated rings. The molecule has 4 heteroatoms. The molecule has 1 aromatic heterocycles.